The van der Waals surface area contributed by atoms with E-state index in [0.29, 0.717) is 5.56 Å². The van der Waals surface area contributed by atoms with Gasteiger partial charge in [0.05, 0.1) is 6.10 Å². The highest BCUT2D eigenvalue weighted by Crippen LogP contribution is 2.21. The van der Waals surface area contributed by atoms with Crippen molar-refractivity contribution in [1.82, 2.24) is 0 Å². The molecule has 0 atom stereocenters. The molecule has 5 heteroatoms. The minimum Gasteiger partial charge on any atom is -0.491 e. The van der Waals surface area contributed by atoms with Crippen molar-refractivity contribution in [1.29, 1.82) is 0 Å². The Morgan fingerprint density at radius 1 is 1.08 bits per heavy atom. The van der Waals surface area contributed by atoms with E-state index in [0.717, 1.165) is 11.3 Å². The summed E-state index contributed by atoms with van der Waals surface area (Å²) < 4.78 is 23.7. The zero-order chi connectivity index (χ0) is 17.1. The number of aliphatic imine (C=N–C) groups is 1. The van der Waals surface area contributed by atoms with E-state index in [1.165, 1.54) is 24.3 Å². The molecule has 0 N–H and O–H groups in total. The maximum absolute atomic E-state index is 13.0. The second kappa shape index (κ2) is 6.66. The predicted octanol–water partition coefficient (Wildman–Crippen LogP) is 3.96. The lowest BCUT2D eigenvalue weighted by atomic mass is 10.2. The lowest BCUT2D eigenvalue weighted by Gasteiger charge is -2.09. The first-order chi connectivity index (χ1) is 11.5. The Kier molecular flexibility index (Phi) is 4.42. The molecule has 0 aromatic heterocycles. The van der Waals surface area contributed by atoms with Crippen molar-refractivity contribution >= 4 is 17.9 Å². The van der Waals surface area contributed by atoms with Crippen molar-refractivity contribution in [3.8, 4) is 5.75 Å². The molecule has 1 heterocycles. The Labute approximate surface area is 139 Å². The van der Waals surface area contributed by atoms with Gasteiger partial charge in [-0.15, -0.1) is 0 Å². The monoisotopic (exact) mass is 325 g/mol. The highest BCUT2D eigenvalue weighted by molar-refractivity contribution is 6.12. The van der Waals surface area contributed by atoms with Gasteiger partial charge in [-0.2, -0.15) is 0 Å². The second-order valence-electron chi connectivity index (χ2n) is 5.58. The maximum atomic E-state index is 13.0. The minimum absolute atomic E-state index is 0.0990. The lowest BCUT2D eigenvalue weighted by molar-refractivity contribution is -0.129. The maximum Gasteiger partial charge on any atom is 0.363 e. The first-order valence-corrected chi connectivity index (χ1v) is 7.56. The average molecular weight is 325 g/mol. The van der Waals surface area contributed by atoms with Gasteiger partial charge in [-0.05, 0) is 61.9 Å². The van der Waals surface area contributed by atoms with Crippen LogP contribution in [-0.2, 0) is 9.53 Å². The van der Waals surface area contributed by atoms with E-state index in [9.17, 15) is 9.18 Å². The number of esters is 1. The van der Waals surface area contributed by atoms with Gasteiger partial charge in [0.1, 0.15) is 11.6 Å². The SMILES string of the molecule is CC(C)Oc1ccc(/C=C2/N=C(c3ccc(F)cc3)OC2=O)cc1. The molecule has 0 spiro atoms. The molecule has 0 aliphatic carbocycles. The van der Waals surface area contributed by atoms with E-state index in [1.54, 1.807) is 6.08 Å². The van der Waals surface area contributed by atoms with E-state index in [1.807, 2.05) is 38.1 Å². The number of hydrogen-bond donors (Lipinski definition) is 0. The highest BCUT2D eigenvalue weighted by Gasteiger charge is 2.24. The van der Waals surface area contributed by atoms with Crippen LogP contribution in [0, 0.1) is 5.82 Å². The molecule has 24 heavy (non-hydrogen) atoms. The van der Waals surface area contributed by atoms with Gasteiger partial charge in [0.25, 0.3) is 0 Å². The number of halogens is 1. The van der Waals surface area contributed by atoms with Crippen LogP contribution in [-0.4, -0.2) is 18.0 Å². The molecule has 0 unspecified atom stereocenters. The summed E-state index contributed by atoms with van der Waals surface area (Å²) in [4.78, 5) is 16.1. The van der Waals surface area contributed by atoms with Crippen LogP contribution in [0.1, 0.15) is 25.0 Å². The zero-order valence-electron chi connectivity index (χ0n) is 13.3. The van der Waals surface area contributed by atoms with E-state index in [-0.39, 0.29) is 23.5 Å². The molecule has 4 nitrogen and oxygen atoms in total. The van der Waals surface area contributed by atoms with Crippen LogP contribution in [0.2, 0.25) is 0 Å². The van der Waals surface area contributed by atoms with Gasteiger partial charge in [0.2, 0.25) is 5.90 Å². The first kappa shape index (κ1) is 15.9. The standard InChI is InChI=1S/C19H16FNO3/c1-12(2)23-16-9-3-13(4-10-16)11-17-19(22)24-18(21-17)14-5-7-15(20)8-6-14/h3-12H,1-2H3/b17-11+. The molecule has 1 aliphatic rings. The van der Waals surface area contributed by atoms with Crippen molar-refractivity contribution in [2.45, 2.75) is 20.0 Å². The van der Waals surface area contributed by atoms with Gasteiger partial charge in [0, 0.05) is 5.56 Å². The van der Waals surface area contributed by atoms with E-state index in [4.69, 9.17) is 9.47 Å². The Morgan fingerprint density at radius 2 is 1.75 bits per heavy atom. The number of benzene rings is 2. The van der Waals surface area contributed by atoms with Crippen LogP contribution < -0.4 is 4.74 Å². The van der Waals surface area contributed by atoms with Crippen LogP contribution in [0.15, 0.2) is 59.2 Å². The summed E-state index contributed by atoms with van der Waals surface area (Å²) in [5.41, 5.74) is 1.56. The van der Waals surface area contributed by atoms with Crippen LogP contribution in [0.25, 0.3) is 6.08 Å². The molecule has 2 aromatic rings. The lowest BCUT2D eigenvalue weighted by Crippen LogP contribution is -2.05. The van der Waals surface area contributed by atoms with Crippen molar-refractivity contribution in [3.63, 3.8) is 0 Å². The smallest absolute Gasteiger partial charge is 0.363 e. The van der Waals surface area contributed by atoms with E-state index >= 15 is 0 Å². The number of carbonyl (C=O) groups is 1. The molecule has 0 fully saturated rings. The summed E-state index contributed by atoms with van der Waals surface area (Å²) in [6.07, 6.45) is 1.74. The van der Waals surface area contributed by atoms with Crippen molar-refractivity contribution in [3.05, 3.63) is 71.2 Å². The average Bonchev–Trinajstić information content (AvgIpc) is 2.90. The van der Waals surface area contributed by atoms with E-state index in [2.05, 4.69) is 4.99 Å². The van der Waals surface area contributed by atoms with Crippen LogP contribution >= 0.6 is 0 Å². The fourth-order valence-corrected chi connectivity index (χ4v) is 2.20. The van der Waals surface area contributed by atoms with Gasteiger partial charge in [-0.25, -0.2) is 14.2 Å². The topological polar surface area (TPSA) is 47.9 Å². The van der Waals surface area contributed by atoms with Crippen LogP contribution in [0.4, 0.5) is 4.39 Å². The third kappa shape index (κ3) is 3.68. The second-order valence-corrected chi connectivity index (χ2v) is 5.58. The third-order valence-electron chi connectivity index (χ3n) is 3.27. The summed E-state index contributed by atoms with van der Waals surface area (Å²) in [5, 5.41) is 0. The fourth-order valence-electron chi connectivity index (χ4n) is 2.20. The van der Waals surface area contributed by atoms with Crippen LogP contribution in [0.3, 0.4) is 0 Å². The molecular formula is C19H16FNO3. The molecule has 3 rings (SSSR count). The first-order valence-electron chi connectivity index (χ1n) is 7.56. The molecule has 0 saturated heterocycles. The summed E-state index contributed by atoms with van der Waals surface area (Å²) in [7, 11) is 0. The highest BCUT2D eigenvalue weighted by atomic mass is 19.1. The van der Waals surface area contributed by atoms with Crippen LogP contribution in [0.5, 0.6) is 5.75 Å². The molecule has 1 aliphatic heterocycles. The zero-order valence-corrected chi connectivity index (χ0v) is 13.3. The normalized spacial score (nSPS) is 15.6. The number of ether oxygens (including phenoxy) is 2. The Hall–Kier alpha value is -2.95. The van der Waals surface area contributed by atoms with Crippen molar-refractivity contribution in [2.24, 2.45) is 4.99 Å². The fraction of sp³-hybridized carbons (Fsp3) is 0.158. The molecule has 0 bridgehead atoms. The van der Waals surface area contributed by atoms with Gasteiger partial charge in [-0.3, -0.25) is 0 Å². The quantitative estimate of drug-likeness (QED) is 0.631. The number of carbonyl (C=O) groups excluding carboxylic acids is 1. The van der Waals surface area contributed by atoms with Gasteiger partial charge < -0.3 is 9.47 Å². The number of rotatable bonds is 4. The predicted molar refractivity (Wildman–Crippen MR) is 89.2 cm³/mol. The Morgan fingerprint density at radius 3 is 2.38 bits per heavy atom. The molecular weight excluding hydrogens is 309 g/mol. The molecule has 0 amide bonds. The van der Waals surface area contributed by atoms with Crippen molar-refractivity contribution < 1.29 is 18.7 Å². The van der Waals surface area contributed by atoms with Gasteiger partial charge in [0.15, 0.2) is 5.70 Å². The largest absolute Gasteiger partial charge is 0.491 e. The number of hydrogen-bond acceptors (Lipinski definition) is 4. The summed E-state index contributed by atoms with van der Waals surface area (Å²) in [6, 6.07) is 13.0. The third-order valence-corrected chi connectivity index (χ3v) is 3.27. The number of nitrogens with zero attached hydrogens (tertiary/aromatic N) is 1. The summed E-state index contributed by atoms with van der Waals surface area (Å²) >= 11 is 0. The van der Waals surface area contributed by atoms with Gasteiger partial charge >= 0.3 is 5.97 Å². The van der Waals surface area contributed by atoms with Crippen molar-refractivity contribution in [2.75, 3.05) is 0 Å². The summed E-state index contributed by atoms with van der Waals surface area (Å²) in [5.74, 6) is 0.0441. The Bertz CT molecular complexity index is 806. The number of cyclic esters (lactones) is 1. The molecule has 122 valence electrons. The molecule has 0 radical (unpaired) electrons. The van der Waals surface area contributed by atoms with E-state index < -0.39 is 5.97 Å². The minimum atomic E-state index is -0.531. The molecule has 0 saturated carbocycles. The van der Waals surface area contributed by atoms with Gasteiger partial charge in [-0.1, -0.05) is 12.1 Å². The molecule has 2 aromatic carbocycles. The summed E-state index contributed by atoms with van der Waals surface area (Å²) in [6.45, 7) is 3.91. The Balaban J connectivity index is 1.81.